The average Bonchev–Trinajstić information content (AvgIpc) is 3.16. The molecule has 0 spiro atoms. The van der Waals surface area contributed by atoms with E-state index in [0.717, 1.165) is 11.1 Å². The Morgan fingerprint density at radius 2 is 1.31 bits per heavy atom. The van der Waals surface area contributed by atoms with Gasteiger partial charge in [-0.2, -0.15) is 0 Å². The third-order valence-electron chi connectivity index (χ3n) is 9.43. The van der Waals surface area contributed by atoms with Gasteiger partial charge < -0.3 is 43.0 Å². The number of rotatable bonds is 20. The number of likely N-dealkylation sites (tertiary alicyclic amines) is 1. The maximum atomic E-state index is 14.0. The summed E-state index contributed by atoms with van der Waals surface area (Å²) in [6, 6.07) is 15.0. The number of nitrogens with zero attached hydrogens (tertiary/aromatic N) is 1. The maximum absolute atomic E-state index is 14.0. The molecule has 54 heavy (non-hydrogen) atoms. The molecule has 2 aromatic rings. The number of unbranched alkanes of at least 4 members (excludes halogenated alkanes) is 1. The number of piperidine rings is 1. The molecule has 0 radical (unpaired) electrons. The fraction of sp³-hybridized carbons (Fsp3) is 0.550. The molecule has 0 aromatic heterocycles. The first kappa shape index (κ1) is 43.6. The van der Waals surface area contributed by atoms with Crippen molar-refractivity contribution in [2.24, 2.45) is 17.4 Å². The van der Waals surface area contributed by atoms with E-state index in [1.807, 2.05) is 74.5 Å². The minimum absolute atomic E-state index is 0.00895. The average molecular weight is 749 g/mol. The highest BCUT2D eigenvalue weighted by molar-refractivity contribution is 6.35. The minimum atomic E-state index is -1.01. The van der Waals surface area contributed by atoms with Gasteiger partial charge in [-0.15, -0.1) is 0 Å². The third-order valence-corrected chi connectivity index (χ3v) is 9.43. The van der Waals surface area contributed by atoms with Gasteiger partial charge in [0, 0.05) is 32.1 Å². The molecule has 4 atom stereocenters. The van der Waals surface area contributed by atoms with E-state index in [1.165, 1.54) is 0 Å². The maximum Gasteiger partial charge on any atom is 0.309 e. The molecule has 1 aliphatic rings. The SMILES string of the molecule is CCNC(=O)C(=O)NC1CCN(C(=O)[C@@H](CCCCN)NC(=O)[C@@H](CC(C)C)NC(=O)[C@@H](Cc2ccccc2)NC(=O)[C@H](N)CCc2ccccc2)CC1. The van der Waals surface area contributed by atoms with Crippen LogP contribution in [0.4, 0.5) is 0 Å². The third kappa shape index (κ3) is 14.9. The summed E-state index contributed by atoms with van der Waals surface area (Å²) >= 11 is 0. The number of benzene rings is 2. The number of carbonyl (C=O) groups excluding carboxylic acids is 6. The first-order chi connectivity index (χ1) is 25.9. The van der Waals surface area contributed by atoms with E-state index >= 15 is 0 Å². The van der Waals surface area contributed by atoms with Crippen LogP contribution in [-0.4, -0.2) is 96.7 Å². The van der Waals surface area contributed by atoms with E-state index in [2.05, 4.69) is 26.6 Å². The number of amides is 6. The predicted molar refractivity (Wildman–Crippen MR) is 207 cm³/mol. The van der Waals surface area contributed by atoms with Gasteiger partial charge >= 0.3 is 11.8 Å². The van der Waals surface area contributed by atoms with Gasteiger partial charge in [0.25, 0.3) is 0 Å². The fourth-order valence-corrected chi connectivity index (χ4v) is 6.39. The Kier molecular flexibility index (Phi) is 18.6. The van der Waals surface area contributed by atoms with E-state index in [-0.39, 0.29) is 24.3 Å². The standard InChI is InChI=1S/C40H60N8O6/c1-4-43-38(52)39(53)44-30-20-23-48(24-21-30)40(54)32(17-11-12-22-41)45-36(50)33(25-27(2)3)47-37(51)34(26-29-15-9-6-10-16-29)46-35(49)31(42)19-18-28-13-7-5-8-14-28/h5-10,13-16,27,30-34H,4,11-12,17-26,41-42H2,1-3H3,(H,43,52)(H,44,53)(H,45,50)(H,46,49)(H,47,51)/t31-,32-,33-,34-/m1/s1. The van der Waals surface area contributed by atoms with Gasteiger partial charge in [-0.25, -0.2) is 0 Å². The molecule has 1 saturated heterocycles. The number of hydrogen-bond acceptors (Lipinski definition) is 8. The van der Waals surface area contributed by atoms with E-state index in [9.17, 15) is 28.8 Å². The van der Waals surface area contributed by atoms with Crippen LogP contribution in [0.3, 0.4) is 0 Å². The Bertz CT molecular complexity index is 1500. The van der Waals surface area contributed by atoms with Crippen molar-refractivity contribution < 1.29 is 28.8 Å². The number of nitrogens with one attached hydrogen (secondary N) is 5. The van der Waals surface area contributed by atoms with Crippen LogP contribution in [0.25, 0.3) is 0 Å². The second-order valence-corrected chi connectivity index (χ2v) is 14.4. The lowest BCUT2D eigenvalue weighted by molar-refractivity contribution is -0.140. The number of aryl methyl sites for hydroxylation is 1. The van der Waals surface area contributed by atoms with Crippen LogP contribution in [0.1, 0.15) is 76.8 Å². The van der Waals surface area contributed by atoms with Gasteiger partial charge in [0.1, 0.15) is 18.1 Å². The van der Waals surface area contributed by atoms with Crippen molar-refractivity contribution in [3.8, 4) is 0 Å². The van der Waals surface area contributed by atoms with Crippen LogP contribution in [0.2, 0.25) is 0 Å². The number of likely N-dealkylation sites (N-methyl/N-ethyl adjacent to an activating group) is 1. The molecule has 0 bridgehead atoms. The topological polar surface area (TPSA) is 218 Å². The second kappa shape index (κ2) is 23.1. The summed E-state index contributed by atoms with van der Waals surface area (Å²) in [6.07, 6.45) is 3.98. The summed E-state index contributed by atoms with van der Waals surface area (Å²) in [5.74, 6) is -3.16. The predicted octanol–water partition coefficient (Wildman–Crippen LogP) is 1.06. The van der Waals surface area contributed by atoms with Crippen molar-refractivity contribution in [2.75, 3.05) is 26.2 Å². The molecular formula is C40H60N8O6. The molecule has 14 nitrogen and oxygen atoms in total. The van der Waals surface area contributed by atoms with E-state index in [0.29, 0.717) is 77.5 Å². The molecule has 0 unspecified atom stereocenters. The molecule has 1 fully saturated rings. The van der Waals surface area contributed by atoms with Gasteiger partial charge in [0.2, 0.25) is 23.6 Å². The van der Waals surface area contributed by atoms with Crippen LogP contribution >= 0.6 is 0 Å². The van der Waals surface area contributed by atoms with Crippen LogP contribution in [0.15, 0.2) is 60.7 Å². The van der Waals surface area contributed by atoms with Gasteiger partial charge in [-0.05, 0) is 81.9 Å². The van der Waals surface area contributed by atoms with Gasteiger partial charge in [0.15, 0.2) is 0 Å². The molecular weight excluding hydrogens is 688 g/mol. The lowest BCUT2D eigenvalue weighted by atomic mass is 9.99. The summed E-state index contributed by atoms with van der Waals surface area (Å²) in [4.78, 5) is 80.8. The van der Waals surface area contributed by atoms with Crippen LogP contribution in [-0.2, 0) is 41.6 Å². The highest BCUT2D eigenvalue weighted by Gasteiger charge is 2.34. The zero-order chi connectivity index (χ0) is 39.5. The lowest BCUT2D eigenvalue weighted by Crippen LogP contribution is -2.59. The monoisotopic (exact) mass is 748 g/mol. The Hall–Kier alpha value is -4.82. The highest BCUT2D eigenvalue weighted by Crippen LogP contribution is 2.15. The first-order valence-corrected chi connectivity index (χ1v) is 19.2. The summed E-state index contributed by atoms with van der Waals surface area (Å²) < 4.78 is 0. The second-order valence-electron chi connectivity index (χ2n) is 14.4. The zero-order valence-electron chi connectivity index (χ0n) is 32.0. The normalized spacial score (nSPS) is 15.3. The van der Waals surface area contributed by atoms with Crippen LogP contribution in [0, 0.1) is 5.92 Å². The van der Waals surface area contributed by atoms with Crippen molar-refractivity contribution in [2.45, 2.75) is 109 Å². The molecule has 3 rings (SSSR count). The molecule has 2 aromatic carbocycles. The van der Waals surface area contributed by atoms with Crippen molar-refractivity contribution in [3.05, 3.63) is 71.8 Å². The molecule has 0 aliphatic carbocycles. The number of nitrogens with two attached hydrogens (primary N) is 2. The van der Waals surface area contributed by atoms with Gasteiger partial charge in [-0.3, -0.25) is 28.8 Å². The molecule has 1 aliphatic heterocycles. The van der Waals surface area contributed by atoms with E-state index in [1.54, 1.807) is 11.8 Å². The lowest BCUT2D eigenvalue weighted by Gasteiger charge is -2.35. The van der Waals surface area contributed by atoms with E-state index < -0.39 is 53.7 Å². The summed E-state index contributed by atoms with van der Waals surface area (Å²) in [5.41, 5.74) is 13.9. The Labute approximate surface area is 319 Å². The summed E-state index contributed by atoms with van der Waals surface area (Å²) in [6.45, 7) is 7.03. The molecule has 296 valence electrons. The fourth-order valence-electron chi connectivity index (χ4n) is 6.39. The quantitative estimate of drug-likeness (QED) is 0.0766. The Balaban J connectivity index is 1.71. The Morgan fingerprint density at radius 3 is 1.91 bits per heavy atom. The summed E-state index contributed by atoms with van der Waals surface area (Å²) in [7, 11) is 0. The molecule has 14 heteroatoms. The summed E-state index contributed by atoms with van der Waals surface area (Å²) in [5, 5.41) is 13.8. The molecule has 1 heterocycles. The zero-order valence-corrected chi connectivity index (χ0v) is 32.0. The van der Waals surface area contributed by atoms with Crippen molar-refractivity contribution >= 4 is 35.4 Å². The number of carbonyl (C=O) groups is 6. The first-order valence-electron chi connectivity index (χ1n) is 19.2. The number of hydrogen-bond donors (Lipinski definition) is 7. The van der Waals surface area contributed by atoms with Crippen molar-refractivity contribution in [3.63, 3.8) is 0 Å². The molecule has 9 N–H and O–H groups in total. The molecule has 6 amide bonds. The highest BCUT2D eigenvalue weighted by atomic mass is 16.2. The smallest absolute Gasteiger partial charge is 0.309 e. The van der Waals surface area contributed by atoms with Crippen LogP contribution < -0.4 is 38.1 Å². The minimum Gasteiger partial charge on any atom is -0.348 e. The molecule has 0 saturated carbocycles. The van der Waals surface area contributed by atoms with Crippen molar-refractivity contribution in [1.82, 2.24) is 31.5 Å². The Morgan fingerprint density at radius 1 is 0.741 bits per heavy atom. The van der Waals surface area contributed by atoms with Crippen LogP contribution in [0.5, 0.6) is 0 Å². The van der Waals surface area contributed by atoms with Gasteiger partial charge in [0.05, 0.1) is 6.04 Å². The largest absolute Gasteiger partial charge is 0.348 e. The van der Waals surface area contributed by atoms with Gasteiger partial charge in [-0.1, -0.05) is 74.5 Å². The van der Waals surface area contributed by atoms with E-state index in [4.69, 9.17) is 11.5 Å². The van der Waals surface area contributed by atoms with Crippen molar-refractivity contribution in [1.29, 1.82) is 0 Å².